The molecular formula is C13H14O3. The van der Waals surface area contributed by atoms with Gasteiger partial charge >= 0.3 is 5.97 Å². The number of carboxylic acid groups (broad SMARTS) is 1. The van der Waals surface area contributed by atoms with Crippen LogP contribution < -0.4 is 4.74 Å². The third-order valence-electron chi connectivity index (χ3n) is 2.13. The quantitative estimate of drug-likeness (QED) is 0.624. The molecule has 0 aliphatic carbocycles. The van der Waals surface area contributed by atoms with E-state index in [1.807, 2.05) is 31.2 Å². The lowest BCUT2D eigenvalue weighted by molar-refractivity contribution is -0.131. The monoisotopic (exact) mass is 218 g/mol. The highest BCUT2D eigenvalue weighted by Crippen LogP contribution is 2.17. The second-order valence-corrected chi connectivity index (χ2v) is 3.28. The van der Waals surface area contributed by atoms with Gasteiger partial charge in [0.2, 0.25) is 0 Å². The third kappa shape index (κ3) is 3.61. The summed E-state index contributed by atoms with van der Waals surface area (Å²) in [4.78, 5) is 10.3. The molecule has 3 nitrogen and oxygen atoms in total. The van der Waals surface area contributed by atoms with Crippen LogP contribution in [-0.4, -0.2) is 18.2 Å². The smallest absolute Gasteiger partial charge is 0.328 e. The molecule has 16 heavy (non-hydrogen) atoms. The van der Waals surface area contributed by atoms with Crippen molar-refractivity contribution >= 4 is 11.5 Å². The Hall–Kier alpha value is -2.03. The normalized spacial score (nSPS) is 11.8. The van der Waals surface area contributed by atoms with E-state index in [1.165, 1.54) is 6.08 Å². The Morgan fingerprint density at radius 3 is 2.44 bits per heavy atom. The van der Waals surface area contributed by atoms with Crippen molar-refractivity contribution in [1.29, 1.82) is 0 Å². The van der Waals surface area contributed by atoms with Crippen LogP contribution in [0.4, 0.5) is 0 Å². The van der Waals surface area contributed by atoms with Gasteiger partial charge in [0.05, 0.1) is 7.11 Å². The van der Waals surface area contributed by atoms with Crippen molar-refractivity contribution in [2.45, 2.75) is 6.92 Å². The highest BCUT2D eigenvalue weighted by atomic mass is 16.5. The first-order valence-electron chi connectivity index (χ1n) is 4.86. The Morgan fingerprint density at radius 2 is 1.94 bits per heavy atom. The Kier molecular flexibility index (Phi) is 4.33. The summed E-state index contributed by atoms with van der Waals surface area (Å²) in [6, 6.07) is 7.60. The number of allylic oxidation sites excluding steroid dienone is 3. The average molecular weight is 218 g/mol. The maximum absolute atomic E-state index is 10.3. The Balaban J connectivity index is 2.79. The molecule has 0 unspecified atom stereocenters. The molecule has 0 spiro atoms. The molecule has 3 heteroatoms. The lowest BCUT2D eigenvalue weighted by atomic mass is 10.1. The number of aliphatic carboxylic acids is 1. The van der Waals surface area contributed by atoms with Crippen LogP contribution in [0, 0.1) is 0 Å². The second kappa shape index (κ2) is 5.75. The van der Waals surface area contributed by atoms with Gasteiger partial charge in [0.1, 0.15) is 5.75 Å². The maximum atomic E-state index is 10.3. The second-order valence-electron chi connectivity index (χ2n) is 3.28. The van der Waals surface area contributed by atoms with Crippen molar-refractivity contribution in [2.75, 3.05) is 7.11 Å². The van der Waals surface area contributed by atoms with Crippen LogP contribution >= 0.6 is 0 Å². The van der Waals surface area contributed by atoms with Crippen molar-refractivity contribution in [3.63, 3.8) is 0 Å². The van der Waals surface area contributed by atoms with Crippen molar-refractivity contribution in [3.05, 3.63) is 48.1 Å². The summed E-state index contributed by atoms with van der Waals surface area (Å²) < 4.78 is 5.05. The van der Waals surface area contributed by atoms with E-state index in [9.17, 15) is 4.79 Å². The fourth-order valence-corrected chi connectivity index (χ4v) is 1.22. The number of hydrogen-bond donors (Lipinski definition) is 1. The number of carbonyl (C=O) groups is 1. The van der Waals surface area contributed by atoms with Crippen LogP contribution in [0.3, 0.4) is 0 Å². The van der Waals surface area contributed by atoms with Gasteiger partial charge in [0.25, 0.3) is 0 Å². The SMILES string of the molecule is COc1ccc(/C(C)=C/C=C/C(=O)O)cc1. The number of rotatable bonds is 4. The fraction of sp³-hybridized carbons (Fsp3) is 0.154. The van der Waals surface area contributed by atoms with Crippen molar-refractivity contribution in [1.82, 2.24) is 0 Å². The van der Waals surface area contributed by atoms with Crippen molar-refractivity contribution < 1.29 is 14.6 Å². The highest BCUT2D eigenvalue weighted by Gasteiger charge is 1.95. The molecule has 0 amide bonds. The third-order valence-corrected chi connectivity index (χ3v) is 2.13. The Morgan fingerprint density at radius 1 is 1.31 bits per heavy atom. The Labute approximate surface area is 94.7 Å². The lowest BCUT2D eigenvalue weighted by Gasteiger charge is -2.02. The number of benzene rings is 1. The summed E-state index contributed by atoms with van der Waals surface area (Å²) in [5.41, 5.74) is 2.04. The van der Waals surface area contributed by atoms with E-state index in [2.05, 4.69) is 0 Å². The van der Waals surface area contributed by atoms with Crippen molar-refractivity contribution in [3.8, 4) is 5.75 Å². The number of methoxy groups -OCH3 is 1. The molecule has 1 aromatic rings. The van der Waals surface area contributed by atoms with E-state index in [0.29, 0.717) is 0 Å². The molecule has 0 saturated carbocycles. The standard InChI is InChI=1S/C13H14O3/c1-10(4-3-5-13(14)15)11-6-8-12(16-2)9-7-11/h3-9H,1-2H3,(H,14,15)/b5-3+,10-4+. The molecule has 1 N–H and O–H groups in total. The lowest BCUT2D eigenvalue weighted by Crippen LogP contribution is -1.85. The fourth-order valence-electron chi connectivity index (χ4n) is 1.22. The van der Waals surface area contributed by atoms with Gasteiger partial charge in [-0.3, -0.25) is 0 Å². The van der Waals surface area contributed by atoms with Crippen LogP contribution in [0.15, 0.2) is 42.5 Å². The van der Waals surface area contributed by atoms with E-state index in [0.717, 1.165) is 23.0 Å². The number of hydrogen-bond acceptors (Lipinski definition) is 2. The molecule has 0 fully saturated rings. The van der Waals surface area contributed by atoms with Gasteiger partial charge in [-0.25, -0.2) is 4.79 Å². The zero-order valence-electron chi connectivity index (χ0n) is 9.31. The summed E-state index contributed by atoms with van der Waals surface area (Å²) >= 11 is 0. The van der Waals surface area contributed by atoms with Gasteiger partial charge in [-0.1, -0.05) is 24.3 Å². The van der Waals surface area contributed by atoms with Crippen molar-refractivity contribution in [2.24, 2.45) is 0 Å². The molecule has 84 valence electrons. The molecule has 0 aromatic heterocycles. The van der Waals surface area contributed by atoms with Gasteiger partial charge in [0, 0.05) is 6.08 Å². The first-order chi connectivity index (χ1) is 7.63. The summed E-state index contributed by atoms with van der Waals surface area (Å²) in [6.07, 6.45) is 4.38. The van der Waals surface area contributed by atoms with Gasteiger partial charge < -0.3 is 9.84 Å². The molecule has 0 saturated heterocycles. The van der Waals surface area contributed by atoms with Crippen LogP contribution in [0.5, 0.6) is 5.75 Å². The molecule has 1 aromatic carbocycles. The summed E-state index contributed by atoms with van der Waals surface area (Å²) in [6.45, 7) is 1.92. The van der Waals surface area contributed by atoms with E-state index >= 15 is 0 Å². The van der Waals surface area contributed by atoms with E-state index in [-0.39, 0.29) is 0 Å². The summed E-state index contributed by atoms with van der Waals surface area (Å²) in [5.74, 6) is -0.142. The van der Waals surface area contributed by atoms with E-state index in [4.69, 9.17) is 9.84 Å². The number of carboxylic acids is 1. The van der Waals surface area contributed by atoms with Crippen LogP contribution in [0.2, 0.25) is 0 Å². The highest BCUT2D eigenvalue weighted by molar-refractivity contribution is 5.80. The molecule has 0 radical (unpaired) electrons. The van der Waals surface area contributed by atoms with Crippen LogP contribution in [0.1, 0.15) is 12.5 Å². The largest absolute Gasteiger partial charge is 0.497 e. The summed E-state index contributed by atoms with van der Waals surface area (Å²) in [7, 11) is 1.62. The van der Waals surface area contributed by atoms with Crippen LogP contribution in [0.25, 0.3) is 5.57 Å². The van der Waals surface area contributed by atoms with Gasteiger partial charge in [-0.15, -0.1) is 0 Å². The average Bonchev–Trinajstić information content (AvgIpc) is 2.28. The predicted octanol–water partition coefficient (Wildman–Crippen LogP) is 2.74. The first-order valence-corrected chi connectivity index (χ1v) is 4.86. The molecule has 0 atom stereocenters. The zero-order chi connectivity index (χ0) is 12.0. The van der Waals surface area contributed by atoms with E-state index < -0.39 is 5.97 Å². The van der Waals surface area contributed by atoms with Crippen LogP contribution in [-0.2, 0) is 4.79 Å². The molecule has 0 heterocycles. The molecule has 0 aliphatic rings. The maximum Gasteiger partial charge on any atom is 0.328 e. The topological polar surface area (TPSA) is 46.5 Å². The Bertz CT molecular complexity index is 413. The van der Waals surface area contributed by atoms with Gasteiger partial charge in [-0.05, 0) is 30.2 Å². The minimum Gasteiger partial charge on any atom is -0.497 e. The minimum atomic E-state index is -0.946. The molecule has 0 aliphatic heterocycles. The number of ether oxygens (including phenoxy) is 1. The predicted molar refractivity (Wildman–Crippen MR) is 63.4 cm³/mol. The molecule has 0 bridgehead atoms. The minimum absolute atomic E-state index is 0.803. The first kappa shape index (κ1) is 12.0. The van der Waals surface area contributed by atoms with Gasteiger partial charge in [-0.2, -0.15) is 0 Å². The molecule has 1 rings (SSSR count). The van der Waals surface area contributed by atoms with E-state index in [1.54, 1.807) is 13.2 Å². The summed E-state index contributed by atoms with van der Waals surface area (Å²) in [5, 5.41) is 8.43. The zero-order valence-corrected chi connectivity index (χ0v) is 9.31. The van der Waals surface area contributed by atoms with Gasteiger partial charge in [0.15, 0.2) is 0 Å². The molecular weight excluding hydrogens is 204 g/mol.